The Kier molecular flexibility index (Phi) is 6.97. The number of nitrogens with zero attached hydrogens (tertiary/aromatic N) is 1. The Morgan fingerprint density at radius 2 is 1.82 bits per heavy atom. The molecule has 1 heterocycles. The molecule has 0 aliphatic carbocycles. The molecule has 1 atom stereocenters. The number of anilines is 1. The van der Waals surface area contributed by atoms with Crippen molar-refractivity contribution in [1.29, 1.82) is 0 Å². The van der Waals surface area contributed by atoms with Gasteiger partial charge in [0.15, 0.2) is 6.61 Å². The second kappa shape index (κ2) is 9.20. The Morgan fingerprint density at radius 3 is 2.46 bits per heavy atom. The number of carbonyl (C=O) groups is 4. The summed E-state index contributed by atoms with van der Waals surface area (Å²) in [5.74, 6) is -1.48. The van der Waals surface area contributed by atoms with Gasteiger partial charge in [0, 0.05) is 12.2 Å². The zero-order chi connectivity index (χ0) is 20.7. The molecule has 1 fully saturated rings. The van der Waals surface area contributed by atoms with Crippen LogP contribution in [0.5, 0.6) is 0 Å². The van der Waals surface area contributed by atoms with Gasteiger partial charge in [-0.2, -0.15) is 0 Å². The fraction of sp³-hybridized carbons (Fsp3) is 0.474. The number of amides is 4. The number of ether oxygens (including phenoxy) is 2. The van der Waals surface area contributed by atoms with Crippen molar-refractivity contribution in [1.82, 2.24) is 10.2 Å². The highest BCUT2D eigenvalue weighted by Crippen LogP contribution is 2.21. The Morgan fingerprint density at radius 1 is 1.14 bits per heavy atom. The lowest BCUT2D eigenvalue weighted by molar-refractivity contribution is -0.152. The number of benzene rings is 1. The highest BCUT2D eigenvalue weighted by molar-refractivity contribution is 6.02. The molecule has 2 rings (SSSR count). The molecule has 1 saturated heterocycles. The third-order valence-electron chi connectivity index (χ3n) is 3.78. The summed E-state index contributed by atoms with van der Waals surface area (Å²) in [6.45, 7) is 4.96. The average molecular weight is 391 g/mol. The second-order valence-corrected chi connectivity index (χ2v) is 7.31. The minimum absolute atomic E-state index is 0.375. The van der Waals surface area contributed by atoms with E-state index in [-0.39, 0.29) is 0 Å². The van der Waals surface area contributed by atoms with Crippen LogP contribution in [0.25, 0.3) is 0 Å². The molecular weight excluding hydrogens is 366 g/mol. The maximum Gasteiger partial charge on any atom is 0.411 e. The predicted molar refractivity (Wildman–Crippen MR) is 101 cm³/mol. The van der Waals surface area contributed by atoms with Crippen LogP contribution in [-0.4, -0.2) is 53.7 Å². The van der Waals surface area contributed by atoms with Gasteiger partial charge in [-0.25, -0.2) is 14.4 Å². The van der Waals surface area contributed by atoms with E-state index < -0.39 is 42.3 Å². The number of imide groups is 1. The van der Waals surface area contributed by atoms with Gasteiger partial charge in [0.05, 0.1) is 0 Å². The van der Waals surface area contributed by atoms with Crippen LogP contribution in [0.3, 0.4) is 0 Å². The maximum atomic E-state index is 12.3. The number of rotatable bonds is 4. The quantitative estimate of drug-likeness (QED) is 0.761. The lowest BCUT2D eigenvalue weighted by Crippen LogP contribution is -2.45. The van der Waals surface area contributed by atoms with Crippen molar-refractivity contribution in [2.24, 2.45) is 0 Å². The van der Waals surface area contributed by atoms with Gasteiger partial charge in [0.2, 0.25) is 0 Å². The van der Waals surface area contributed by atoms with Crippen LogP contribution in [0.1, 0.15) is 33.6 Å². The Hall–Kier alpha value is -3.10. The molecular formula is C19H25N3O6. The Balaban J connectivity index is 1.79. The number of para-hydroxylation sites is 1. The van der Waals surface area contributed by atoms with Gasteiger partial charge in [-0.1, -0.05) is 18.2 Å². The Bertz CT molecular complexity index is 729. The molecule has 0 radical (unpaired) electrons. The van der Waals surface area contributed by atoms with Crippen molar-refractivity contribution in [3.05, 3.63) is 30.3 Å². The smallest absolute Gasteiger partial charge is 0.411 e. The molecule has 9 heteroatoms. The molecule has 1 aliphatic rings. The normalized spacial score (nSPS) is 16.2. The molecule has 28 heavy (non-hydrogen) atoms. The zero-order valence-corrected chi connectivity index (χ0v) is 16.2. The zero-order valence-electron chi connectivity index (χ0n) is 16.2. The molecule has 0 aromatic heterocycles. The molecule has 1 aromatic rings. The van der Waals surface area contributed by atoms with Gasteiger partial charge in [0.25, 0.3) is 5.91 Å². The summed E-state index contributed by atoms with van der Waals surface area (Å²) in [4.78, 5) is 49.3. The molecule has 9 nitrogen and oxygen atoms in total. The van der Waals surface area contributed by atoms with E-state index in [1.165, 1.54) is 4.90 Å². The Labute approximate surface area is 163 Å². The third-order valence-corrected chi connectivity index (χ3v) is 3.78. The van der Waals surface area contributed by atoms with Crippen LogP contribution < -0.4 is 10.6 Å². The summed E-state index contributed by atoms with van der Waals surface area (Å²) in [5, 5.41) is 4.55. The van der Waals surface area contributed by atoms with E-state index >= 15 is 0 Å². The van der Waals surface area contributed by atoms with Crippen LogP contribution in [0.2, 0.25) is 0 Å². The molecule has 0 saturated carbocycles. The average Bonchev–Trinajstić information content (AvgIpc) is 3.09. The summed E-state index contributed by atoms with van der Waals surface area (Å²) < 4.78 is 10.3. The molecule has 4 amide bonds. The topological polar surface area (TPSA) is 114 Å². The third kappa shape index (κ3) is 6.57. The monoisotopic (exact) mass is 391 g/mol. The number of hydrogen-bond donors (Lipinski definition) is 2. The van der Waals surface area contributed by atoms with E-state index in [0.29, 0.717) is 25.1 Å². The number of esters is 1. The van der Waals surface area contributed by atoms with Crippen molar-refractivity contribution in [3.63, 3.8) is 0 Å². The van der Waals surface area contributed by atoms with E-state index in [9.17, 15) is 19.2 Å². The first-order chi connectivity index (χ1) is 13.2. The van der Waals surface area contributed by atoms with Crippen LogP contribution >= 0.6 is 0 Å². The molecule has 0 spiro atoms. The summed E-state index contributed by atoms with van der Waals surface area (Å²) in [6, 6.07) is 7.04. The maximum absolute atomic E-state index is 12.3. The number of carbonyl (C=O) groups excluding carboxylic acids is 4. The lowest BCUT2D eigenvalue weighted by atomic mass is 10.2. The largest absolute Gasteiger partial charge is 0.454 e. The van der Waals surface area contributed by atoms with Crippen LogP contribution in [0.15, 0.2) is 30.3 Å². The molecule has 1 aromatic carbocycles. The SMILES string of the molecule is CC(C)(C)OC(=O)N1CCC[C@H]1C(=O)OCC(=O)NC(=O)Nc1ccccc1. The number of hydrogen-bond acceptors (Lipinski definition) is 6. The number of nitrogens with one attached hydrogen (secondary N) is 2. The fourth-order valence-electron chi connectivity index (χ4n) is 2.63. The van der Waals surface area contributed by atoms with Crippen molar-refractivity contribution >= 4 is 29.7 Å². The molecule has 0 unspecified atom stereocenters. The van der Waals surface area contributed by atoms with E-state index in [4.69, 9.17) is 9.47 Å². The number of urea groups is 1. The van der Waals surface area contributed by atoms with Crippen molar-refractivity contribution in [2.45, 2.75) is 45.3 Å². The van der Waals surface area contributed by atoms with Gasteiger partial charge in [0.1, 0.15) is 11.6 Å². The molecule has 1 aliphatic heterocycles. The summed E-state index contributed by atoms with van der Waals surface area (Å²) >= 11 is 0. The van der Waals surface area contributed by atoms with Crippen molar-refractivity contribution < 1.29 is 28.7 Å². The van der Waals surface area contributed by atoms with Crippen LogP contribution in [0.4, 0.5) is 15.3 Å². The lowest BCUT2D eigenvalue weighted by Gasteiger charge is -2.27. The standard InChI is InChI=1S/C19H25N3O6/c1-19(2,3)28-18(26)22-11-7-10-14(22)16(24)27-12-15(23)21-17(25)20-13-8-5-4-6-9-13/h4-6,8-9,14H,7,10-12H2,1-3H3,(H2,20,21,23,25)/t14-/m0/s1. The van der Waals surface area contributed by atoms with Gasteiger partial charge in [-0.15, -0.1) is 0 Å². The van der Waals surface area contributed by atoms with Gasteiger partial charge in [-0.05, 0) is 45.7 Å². The predicted octanol–water partition coefficient (Wildman–Crippen LogP) is 2.28. The van der Waals surface area contributed by atoms with Crippen LogP contribution in [0, 0.1) is 0 Å². The first-order valence-electron chi connectivity index (χ1n) is 8.98. The van der Waals surface area contributed by atoms with E-state index in [0.717, 1.165) is 0 Å². The fourth-order valence-corrected chi connectivity index (χ4v) is 2.63. The summed E-state index contributed by atoms with van der Waals surface area (Å²) in [7, 11) is 0. The van der Waals surface area contributed by atoms with Gasteiger partial charge >= 0.3 is 18.1 Å². The second-order valence-electron chi connectivity index (χ2n) is 7.31. The molecule has 0 bridgehead atoms. The summed E-state index contributed by atoms with van der Waals surface area (Å²) in [5.41, 5.74) is -0.163. The van der Waals surface area contributed by atoms with Crippen molar-refractivity contribution in [2.75, 3.05) is 18.5 Å². The summed E-state index contributed by atoms with van der Waals surface area (Å²) in [6.07, 6.45) is 0.456. The first-order valence-corrected chi connectivity index (χ1v) is 8.98. The van der Waals surface area contributed by atoms with E-state index in [2.05, 4.69) is 10.6 Å². The first kappa shape index (κ1) is 21.2. The highest BCUT2D eigenvalue weighted by Gasteiger charge is 2.37. The van der Waals surface area contributed by atoms with Crippen molar-refractivity contribution in [3.8, 4) is 0 Å². The van der Waals surface area contributed by atoms with Gasteiger partial charge in [-0.3, -0.25) is 15.0 Å². The number of likely N-dealkylation sites (tertiary alicyclic amines) is 1. The van der Waals surface area contributed by atoms with Crippen LogP contribution in [-0.2, 0) is 19.1 Å². The molecule has 2 N–H and O–H groups in total. The highest BCUT2D eigenvalue weighted by atomic mass is 16.6. The minimum Gasteiger partial charge on any atom is -0.454 e. The van der Waals surface area contributed by atoms with E-state index in [1.54, 1.807) is 51.1 Å². The van der Waals surface area contributed by atoms with Gasteiger partial charge < -0.3 is 14.8 Å². The molecule has 152 valence electrons. The minimum atomic E-state index is -0.805. The van der Waals surface area contributed by atoms with E-state index in [1.807, 2.05) is 0 Å².